The summed E-state index contributed by atoms with van der Waals surface area (Å²) in [5.41, 5.74) is 2.12. The van der Waals surface area contributed by atoms with Crippen molar-refractivity contribution in [2.45, 2.75) is 12.8 Å². The largest absolute Gasteiger partial charge is 0.481 e. The lowest BCUT2D eigenvalue weighted by atomic mass is 10.1. The predicted octanol–water partition coefficient (Wildman–Crippen LogP) is 2.19. The van der Waals surface area contributed by atoms with Gasteiger partial charge in [-0.25, -0.2) is 0 Å². The van der Waals surface area contributed by atoms with Gasteiger partial charge in [-0.2, -0.15) is 0 Å². The Labute approximate surface area is 81.4 Å². The normalized spacial score (nSPS) is 10.6. The van der Waals surface area contributed by atoms with Crippen LogP contribution < -0.4 is 0 Å². The summed E-state index contributed by atoms with van der Waals surface area (Å²) < 4.78 is 0. The number of fused-ring (bicyclic) bond motifs is 1. The molecular weight excluding hydrogens is 178 g/mol. The summed E-state index contributed by atoms with van der Waals surface area (Å²) in [5, 5.41) is 9.70. The second-order valence-corrected chi connectivity index (χ2v) is 3.29. The second kappa shape index (κ2) is 3.54. The van der Waals surface area contributed by atoms with E-state index in [-0.39, 0.29) is 6.42 Å². The highest BCUT2D eigenvalue weighted by molar-refractivity contribution is 5.80. The first-order valence-corrected chi connectivity index (χ1v) is 4.53. The molecule has 72 valence electrons. The topological polar surface area (TPSA) is 53.1 Å². The Bertz CT molecular complexity index is 459. The van der Waals surface area contributed by atoms with Crippen molar-refractivity contribution < 1.29 is 9.90 Å². The van der Waals surface area contributed by atoms with E-state index >= 15 is 0 Å². The van der Waals surface area contributed by atoms with Gasteiger partial charge in [0.25, 0.3) is 0 Å². The zero-order valence-electron chi connectivity index (χ0n) is 7.66. The summed E-state index contributed by atoms with van der Waals surface area (Å²) in [7, 11) is 0. The lowest BCUT2D eigenvalue weighted by Crippen LogP contribution is -1.97. The minimum Gasteiger partial charge on any atom is -0.481 e. The van der Waals surface area contributed by atoms with Crippen LogP contribution in [0, 0.1) is 0 Å². The number of aryl methyl sites for hydroxylation is 1. The van der Waals surface area contributed by atoms with Gasteiger partial charge in [-0.05, 0) is 29.5 Å². The van der Waals surface area contributed by atoms with Crippen molar-refractivity contribution in [2.24, 2.45) is 0 Å². The van der Waals surface area contributed by atoms with Crippen LogP contribution in [-0.2, 0) is 11.2 Å². The number of benzene rings is 1. The van der Waals surface area contributed by atoms with Crippen LogP contribution in [0.2, 0.25) is 0 Å². The Hall–Kier alpha value is -1.77. The summed E-state index contributed by atoms with van der Waals surface area (Å²) in [5.74, 6) is -0.753. The number of hydrogen-bond donors (Lipinski definition) is 2. The first-order chi connectivity index (χ1) is 6.75. The average molecular weight is 189 g/mol. The molecular formula is C11H11NO2. The van der Waals surface area contributed by atoms with E-state index in [1.54, 1.807) is 0 Å². The minimum atomic E-state index is -0.753. The van der Waals surface area contributed by atoms with E-state index in [1.807, 2.05) is 30.5 Å². The van der Waals surface area contributed by atoms with Gasteiger partial charge in [0.2, 0.25) is 0 Å². The zero-order chi connectivity index (χ0) is 9.97. The quantitative estimate of drug-likeness (QED) is 0.777. The Morgan fingerprint density at radius 3 is 3.00 bits per heavy atom. The Balaban J connectivity index is 2.21. The standard InChI is InChI=1S/C11H11NO2/c13-11(14)4-2-8-1-3-9-5-6-12-10(9)7-8/h1,3,5-7,12H,2,4H2,(H,13,14). The number of carboxylic acids is 1. The molecule has 0 aliphatic rings. The molecule has 2 rings (SSSR count). The SMILES string of the molecule is O=C(O)CCc1ccc2cc[nH]c2c1. The van der Waals surface area contributed by atoms with Gasteiger partial charge in [0.05, 0.1) is 0 Å². The second-order valence-electron chi connectivity index (χ2n) is 3.29. The van der Waals surface area contributed by atoms with E-state index in [1.165, 1.54) is 0 Å². The maximum absolute atomic E-state index is 10.4. The maximum atomic E-state index is 10.4. The fourth-order valence-electron chi connectivity index (χ4n) is 1.50. The van der Waals surface area contributed by atoms with Crippen LogP contribution in [0.25, 0.3) is 10.9 Å². The number of carboxylic acid groups (broad SMARTS) is 1. The van der Waals surface area contributed by atoms with Crippen LogP contribution in [0.5, 0.6) is 0 Å². The molecule has 2 N–H and O–H groups in total. The summed E-state index contributed by atoms with van der Waals surface area (Å²) in [4.78, 5) is 13.5. The molecule has 0 fully saturated rings. The van der Waals surface area contributed by atoms with Gasteiger partial charge < -0.3 is 10.1 Å². The van der Waals surface area contributed by atoms with Gasteiger partial charge in [0, 0.05) is 18.1 Å². The monoisotopic (exact) mass is 189 g/mol. The van der Waals surface area contributed by atoms with Gasteiger partial charge in [-0.3, -0.25) is 4.79 Å². The molecule has 0 bridgehead atoms. The molecule has 0 saturated carbocycles. The number of hydrogen-bond acceptors (Lipinski definition) is 1. The third-order valence-corrected chi connectivity index (χ3v) is 2.25. The molecule has 1 aromatic heterocycles. The van der Waals surface area contributed by atoms with Crippen molar-refractivity contribution in [3.63, 3.8) is 0 Å². The molecule has 0 aliphatic carbocycles. The van der Waals surface area contributed by atoms with Gasteiger partial charge >= 0.3 is 5.97 Å². The van der Waals surface area contributed by atoms with Crippen LogP contribution >= 0.6 is 0 Å². The fourth-order valence-corrected chi connectivity index (χ4v) is 1.50. The van der Waals surface area contributed by atoms with E-state index in [0.29, 0.717) is 6.42 Å². The molecule has 0 atom stereocenters. The summed E-state index contributed by atoms with van der Waals surface area (Å²) in [6.45, 7) is 0. The third kappa shape index (κ3) is 1.76. The maximum Gasteiger partial charge on any atom is 0.303 e. The van der Waals surface area contributed by atoms with E-state index in [2.05, 4.69) is 4.98 Å². The number of H-pyrrole nitrogens is 1. The van der Waals surface area contributed by atoms with Crippen LogP contribution in [0.15, 0.2) is 30.5 Å². The van der Waals surface area contributed by atoms with Crippen LogP contribution in [0.3, 0.4) is 0 Å². The molecule has 2 aromatic rings. The Morgan fingerprint density at radius 2 is 2.21 bits per heavy atom. The van der Waals surface area contributed by atoms with Gasteiger partial charge in [0.1, 0.15) is 0 Å². The smallest absolute Gasteiger partial charge is 0.303 e. The molecule has 0 radical (unpaired) electrons. The Morgan fingerprint density at radius 1 is 1.36 bits per heavy atom. The van der Waals surface area contributed by atoms with Crippen LogP contribution in [0.4, 0.5) is 0 Å². The summed E-state index contributed by atoms with van der Waals surface area (Å²) >= 11 is 0. The highest BCUT2D eigenvalue weighted by Crippen LogP contribution is 2.15. The van der Waals surface area contributed by atoms with E-state index in [0.717, 1.165) is 16.5 Å². The first kappa shape index (κ1) is 8.81. The molecule has 3 nitrogen and oxygen atoms in total. The van der Waals surface area contributed by atoms with Crippen molar-refractivity contribution in [1.82, 2.24) is 4.98 Å². The van der Waals surface area contributed by atoms with Crippen molar-refractivity contribution in [2.75, 3.05) is 0 Å². The average Bonchev–Trinajstić information content (AvgIpc) is 2.61. The predicted molar refractivity (Wildman–Crippen MR) is 54.3 cm³/mol. The molecule has 1 heterocycles. The number of aromatic amines is 1. The van der Waals surface area contributed by atoms with Crippen molar-refractivity contribution in [3.05, 3.63) is 36.0 Å². The lowest BCUT2D eigenvalue weighted by molar-refractivity contribution is -0.136. The van der Waals surface area contributed by atoms with Crippen LogP contribution in [0.1, 0.15) is 12.0 Å². The zero-order valence-corrected chi connectivity index (χ0v) is 7.66. The minimum absolute atomic E-state index is 0.187. The van der Waals surface area contributed by atoms with E-state index in [9.17, 15) is 4.79 Å². The molecule has 3 heteroatoms. The van der Waals surface area contributed by atoms with Crippen molar-refractivity contribution in [3.8, 4) is 0 Å². The van der Waals surface area contributed by atoms with Crippen molar-refractivity contribution in [1.29, 1.82) is 0 Å². The summed E-state index contributed by atoms with van der Waals surface area (Å²) in [6, 6.07) is 7.97. The van der Waals surface area contributed by atoms with Gasteiger partial charge in [-0.15, -0.1) is 0 Å². The van der Waals surface area contributed by atoms with E-state index < -0.39 is 5.97 Å². The fraction of sp³-hybridized carbons (Fsp3) is 0.182. The first-order valence-electron chi connectivity index (χ1n) is 4.53. The molecule has 0 saturated heterocycles. The summed E-state index contributed by atoms with van der Waals surface area (Å²) in [6.07, 6.45) is 2.65. The van der Waals surface area contributed by atoms with Gasteiger partial charge in [0.15, 0.2) is 0 Å². The molecule has 0 unspecified atom stereocenters. The number of aromatic nitrogens is 1. The number of carbonyl (C=O) groups is 1. The van der Waals surface area contributed by atoms with Crippen LogP contribution in [-0.4, -0.2) is 16.1 Å². The molecule has 0 amide bonds. The highest BCUT2D eigenvalue weighted by atomic mass is 16.4. The number of rotatable bonds is 3. The Kier molecular flexibility index (Phi) is 2.23. The number of nitrogens with one attached hydrogen (secondary N) is 1. The number of aliphatic carboxylic acids is 1. The molecule has 14 heavy (non-hydrogen) atoms. The van der Waals surface area contributed by atoms with Gasteiger partial charge in [-0.1, -0.05) is 12.1 Å². The molecule has 0 spiro atoms. The van der Waals surface area contributed by atoms with E-state index in [4.69, 9.17) is 5.11 Å². The molecule has 1 aromatic carbocycles. The highest BCUT2D eigenvalue weighted by Gasteiger charge is 2.00. The third-order valence-electron chi connectivity index (χ3n) is 2.25. The lowest BCUT2D eigenvalue weighted by Gasteiger charge is -1.98. The molecule has 0 aliphatic heterocycles. The van der Waals surface area contributed by atoms with Crippen molar-refractivity contribution >= 4 is 16.9 Å².